The molecule has 0 spiro atoms. The Morgan fingerprint density at radius 1 is 1.09 bits per heavy atom. The van der Waals surface area contributed by atoms with Gasteiger partial charge in [-0.3, -0.25) is 19.4 Å². The highest BCUT2D eigenvalue weighted by Crippen LogP contribution is 2.20. The Balaban J connectivity index is 2.88. The molecule has 4 atom stereocenters. The maximum Gasteiger partial charge on any atom is 0.326 e. The lowest BCUT2D eigenvalue weighted by atomic mass is 10.0. The molecule has 9 N–H and O–H groups in total. The van der Waals surface area contributed by atoms with Crippen LogP contribution in [0.2, 0.25) is 0 Å². The number of hydrogen-bond donors (Lipinski definition) is 6. The Kier molecular flexibility index (Phi) is 11.8. The Morgan fingerprint density at radius 3 is 2.26 bits per heavy atom. The number of carboxylic acids is 1. The van der Waals surface area contributed by atoms with Gasteiger partial charge in [-0.1, -0.05) is 27.7 Å². The van der Waals surface area contributed by atoms with Gasteiger partial charge in [0.05, 0.1) is 6.04 Å². The summed E-state index contributed by atoms with van der Waals surface area (Å²) in [7, 11) is 0. The van der Waals surface area contributed by atoms with Crippen molar-refractivity contribution in [1.29, 1.82) is 0 Å². The summed E-state index contributed by atoms with van der Waals surface area (Å²) in [5, 5.41) is 14.7. The lowest BCUT2D eigenvalue weighted by Gasteiger charge is -2.30. The molecule has 0 aromatic heterocycles. The highest BCUT2D eigenvalue weighted by Gasteiger charge is 2.38. The van der Waals surface area contributed by atoms with Crippen molar-refractivity contribution >= 4 is 29.7 Å². The van der Waals surface area contributed by atoms with Crippen LogP contribution >= 0.6 is 0 Å². The molecule has 0 aromatic rings. The Morgan fingerprint density at radius 2 is 1.74 bits per heavy atom. The van der Waals surface area contributed by atoms with Crippen molar-refractivity contribution in [3.63, 3.8) is 0 Å². The van der Waals surface area contributed by atoms with Crippen LogP contribution in [0, 0.1) is 11.8 Å². The quantitative estimate of drug-likeness (QED) is 0.110. The lowest BCUT2D eigenvalue weighted by Crippen LogP contribution is -2.57. The number of carbonyl (C=O) groups is 4. The molecule has 1 aliphatic rings. The minimum Gasteiger partial charge on any atom is -0.480 e. The topological polar surface area (TPSA) is 206 Å². The molecule has 194 valence electrons. The zero-order valence-corrected chi connectivity index (χ0v) is 20.6. The number of likely N-dealkylation sites (tertiary alicyclic amines) is 1. The number of amides is 3. The molecule has 1 aliphatic heterocycles. The van der Waals surface area contributed by atoms with Gasteiger partial charge in [-0.2, -0.15) is 0 Å². The van der Waals surface area contributed by atoms with Crippen LogP contribution in [0.5, 0.6) is 0 Å². The van der Waals surface area contributed by atoms with Gasteiger partial charge in [0.15, 0.2) is 5.96 Å². The third-order valence-electron chi connectivity index (χ3n) is 5.74. The molecule has 12 nitrogen and oxygen atoms in total. The normalized spacial score (nSPS) is 18.3. The number of aliphatic carboxylic acids is 1. The Labute approximate surface area is 201 Å². The third-order valence-corrected chi connectivity index (χ3v) is 5.74. The maximum atomic E-state index is 13.1. The smallest absolute Gasteiger partial charge is 0.326 e. The van der Waals surface area contributed by atoms with Gasteiger partial charge in [-0.25, -0.2) is 4.79 Å². The van der Waals surface area contributed by atoms with Crippen LogP contribution in [-0.4, -0.2) is 76.9 Å². The number of hydrogen-bond acceptors (Lipinski definition) is 6. The fraction of sp³-hybridized carbons (Fsp3) is 0.773. The highest BCUT2D eigenvalue weighted by atomic mass is 16.4. The number of nitrogens with one attached hydrogen (secondary N) is 2. The first-order chi connectivity index (χ1) is 15.8. The SMILES string of the molecule is CC(C)CC(NC(=O)C1CCCN1C(=O)C(N)C(C)C)C(=O)NC(CCCN=C(N)N)C(=O)O. The van der Waals surface area contributed by atoms with Crippen molar-refractivity contribution in [3.05, 3.63) is 0 Å². The molecule has 0 radical (unpaired) electrons. The molecular weight excluding hydrogens is 442 g/mol. The molecule has 4 unspecified atom stereocenters. The largest absolute Gasteiger partial charge is 0.480 e. The van der Waals surface area contributed by atoms with Gasteiger partial charge in [0.2, 0.25) is 17.7 Å². The summed E-state index contributed by atoms with van der Waals surface area (Å²) in [4.78, 5) is 55.7. The number of rotatable bonds is 13. The second-order valence-electron chi connectivity index (χ2n) is 9.50. The summed E-state index contributed by atoms with van der Waals surface area (Å²) in [6, 6.07) is -3.52. The molecule has 0 saturated carbocycles. The van der Waals surface area contributed by atoms with Crippen molar-refractivity contribution in [2.45, 2.75) is 84.0 Å². The van der Waals surface area contributed by atoms with E-state index in [-0.39, 0.29) is 36.7 Å². The monoisotopic (exact) mass is 483 g/mol. The first-order valence-corrected chi connectivity index (χ1v) is 11.8. The number of aliphatic imine (C=N–C) groups is 1. The summed E-state index contributed by atoms with van der Waals surface area (Å²) in [6.45, 7) is 8.13. The van der Waals surface area contributed by atoms with Crippen molar-refractivity contribution in [2.75, 3.05) is 13.1 Å². The van der Waals surface area contributed by atoms with Gasteiger partial charge in [0, 0.05) is 13.1 Å². The van der Waals surface area contributed by atoms with Crippen LogP contribution in [0.15, 0.2) is 4.99 Å². The number of nitrogens with zero attached hydrogens (tertiary/aromatic N) is 2. The van der Waals surface area contributed by atoms with E-state index < -0.39 is 42.0 Å². The van der Waals surface area contributed by atoms with Gasteiger partial charge >= 0.3 is 5.97 Å². The van der Waals surface area contributed by atoms with Gasteiger partial charge in [-0.05, 0) is 43.9 Å². The van der Waals surface area contributed by atoms with Crippen molar-refractivity contribution in [2.24, 2.45) is 34.0 Å². The number of carboxylic acid groups (broad SMARTS) is 1. The second kappa shape index (κ2) is 13.7. The predicted octanol–water partition coefficient (Wildman–Crippen LogP) is -0.885. The third kappa shape index (κ3) is 9.16. The molecule has 0 bridgehead atoms. The molecule has 1 rings (SSSR count). The van der Waals surface area contributed by atoms with Crippen molar-refractivity contribution < 1.29 is 24.3 Å². The van der Waals surface area contributed by atoms with E-state index in [1.807, 2.05) is 27.7 Å². The zero-order chi connectivity index (χ0) is 26.0. The van der Waals surface area contributed by atoms with Gasteiger partial charge in [0.25, 0.3) is 0 Å². The van der Waals surface area contributed by atoms with Gasteiger partial charge < -0.3 is 37.8 Å². The minimum absolute atomic E-state index is 0.0527. The average molecular weight is 484 g/mol. The molecular formula is C22H41N7O5. The first-order valence-electron chi connectivity index (χ1n) is 11.8. The Bertz CT molecular complexity index is 752. The van der Waals surface area contributed by atoms with E-state index in [2.05, 4.69) is 15.6 Å². The fourth-order valence-electron chi connectivity index (χ4n) is 3.78. The van der Waals surface area contributed by atoms with Crippen LogP contribution in [0.4, 0.5) is 0 Å². The Hall–Kier alpha value is -2.89. The molecule has 1 fully saturated rings. The van der Waals surface area contributed by atoms with E-state index in [9.17, 15) is 24.3 Å². The number of carbonyl (C=O) groups excluding carboxylic acids is 3. The van der Waals surface area contributed by atoms with E-state index in [1.165, 1.54) is 4.90 Å². The van der Waals surface area contributed by atoms with Crippen LogP contribution < -0.4 is 27.8 Å². The summed E-state index contributed by atoms with van der Waals surface area (Å²) in [5.74, 6) is -2.63. The maximum absolute atomic E-state index is 13.1. The van der Waals surface area contributed by atoms with Crippen LogP contribution in [0.3, 0.4) is 0 Å². The molecule has 12 heteroatoms. The molecule has 0 aliphatic carbocycles. The van der Waals surface area contributed by atoms with Crippen LogP contribution in [0.25, 0.3) is 0 Å². The van der Waals surface area contributed by atoms with Gasteiger partial charge in [0.1, 0.15) is 18.1 Å². The van der Waals surface area contributed by atoms with Crippen molar-refractivity contribution in [1.82, 2.24) is 15.5 Å². The minimum atomic E-state index is -1.19. The molecule has 1 saturated heterocycles. The molecule has 3 amide bonds. The van der Waals surface area contributed by atoms with E-state index in [4.69, 9.17) is 17.2 Å². The first kappa shape index (κ1) is 29.1. The van der Waals surface area contributed by atoms with Crippen LogP contribution in [0.1, 0.15) is 59.8 Å². The standard InChI is InChI=1S/C22H41N7O5/c1-12(2)11-15(18(30)27-14(21(33)34)7-5-9-26-22(24)25)28-19(31)16-8-6-10-29(16)20(32)17(23)13(3)4/h12-17H,5-11,23H2,1-4H3,(H,27,30)(H,28,31)(H,33,34)(H4,24,25,26). The summed E-state index contributed by atoms with van der Waals surface area (Å²) >= 11 is 0. The molecule has 34 heavy (non-hydrogen) atoms. The number of guanidine groups is 1. The summed E-state index contributed by atoms with van der Waals surface area (Å²) in [6.07, 6.45) is 1.92. The highest BCUT2D eigenvalue weighted by molar-refractivity contribution is 5.94. The summed E-state index contributed by atoms with van der Waals surface area (Å²) < 4.78 is 0. The van der Waals surface area contributed by atoms with Crippen molar-refractivity contribution in [3.8, 4) is 0 Å². The number of nitrogens with two attached hydrogens (primary N) is 3. The predicted molar refractivity (Wildman–Crippen MR) is 128 cm³/mol. The lowest BCUT2D eigenvalue weighted by molar-refractivity contribution is -0.143. The van der Waals surface area contributed by atoms with Gasteiger partial charge in [-0.15, -0.1) is 0 Å². The second-order valence-corrected chi connectivity index (χ2v) is 9.50. The summed E-state index contributed by atoms with van der Waals surface area (Å²) in [5.41, 5.74) is 16.5. The van der Waals surface area contributed by atoms with E-state index in [1.54, 1.807) is 0 Å². The molecule has 0 aromatic carbocycles. The van der Waals surface area contributed by atoms with E-state index >= 15 is 0 Å². The fourth-order valence-corrected chi connectivity index (χ4v) is 3.78. The van der Waals surface area contributed by atoms with E-state index in [0.29, 0.717) is 32.2 Å². The van der Waals surface area contributed by atoms with Crippen LogP contribution in [-0.2, 0) is 19.2 Å². The zero-order valence-electron chi connectivity index (χ0n) is 20.6. The van der Waals surface area contributed by atoms with E-state index in [0.717, 1.165) is 0 Å². The molecule has 1 heterocycles. The average Bonchev–Trinajstić information content (AvgIpc) is 3.23.